The first-order valence-electron chi connectivity index (χ1n) is 30.9. The molecule has 2 atom stereocenters. The first kappa shape index (κ1) is 53.0. The van der Waals surface area contributed by atoms with Crippen LogP contribution in [0.3, 0.4) is 0 Å². The summed E-state index contributed by atoms with van der Waals surface area (Å²) in [6.45, 7) is 39.3. The molecule has 414 valence electrons. The molecule has 3 nitrogen and oxygen atoms in total. The van der Waals surface area contributed by atoms with Gasteiger partial charge in [-0.1, -0.05) is 183 Å². The predicted molar refractivity (Wildman–Crippen MR) is 352 cm³/mol. The molecule has 2 unspecified atom stereocenters. The van der Waals surface area contributed by atoms with Crippen LogP contribution < -0.4 is 30.4 Å². The fourth-order valence-corrected chi connectivity index (χ4v) is 17.8. The molecule has 7 aromatic carbocycles. The lowest BCUT2D eigenvalue weighted by Crippen LogP contribution is -2.64. The zero-order chi connectivity index (χ0) is 56.9. The molecule has 1 saturated carbocycles. The summed E-state index contributed by atoms with van der Waals surface area (Å²) in [7, 11) is 0. The SMILES string of the molecule is CC(C)(C)c1ccc(N(c2ccc(C(C)(C)C)cc2)c2cc3c4c(c2)N2c5c(cc(-c6ccccc6)cc5C5(C)CCCCC25C)B4c2sc4cc5c(cc4c2N3c2ccc3c(c2)C(C)(C)CCC3(C)C)C(C)(C)CCC5(C)C)cc1. The average molecular weight is 1080 g/mol. The van der Waals surface area contributed by atoms with Gasteiger partial charge < -0.3 is 14.7 Å². The zero-order valence-corrected chi connectivity index (χ0v) is 52.5. The van der Waals surface area contributed by atoms with Gasteiger partial charge in [0.2, 0.25) is 0 Å². The summed E-state index contributed by atoms with van der Waals surface area (Å²) in [4.78, 5) is 8.36. The van der Waals surface area contributed by atoms with E-state index in [-0.39, 0.29) is 50.2 Å². The van der Waals surface area contributed by atoms with Crippen LogP contribution in [0.1, 0.15) is 201 Å². The minimum atomic E-state index is -0.161. The standard InChI is InChI=1S/C76H86BN3S/c1-69(2,3)49-24-28-51(29-25-49)78(52-30-26-50(27-31-52)70(4,5)6)54-43-62-65-63(44-54)80-67-60(75(15)34-20-21-35-76(75,80)16)40-48(47-22-18-17-19-23-47)41-61(67)77(65)68-66(55-45-58-59(46-64(55)81-68)74(13,14)39-38-73(58,11)12)79(62)53-32-33-56-57(42-53)72(9,10)37-36-71(56,7)8/h17-19,22-33,40-46H,20-21,34-39H2,1-16H3. The lowest BCUT2D eigenvalue weighted by atomic mass is 9.36. The molecule has 5 heteroatoms. The van der Waals surface area contributed by atoms with Crippen LogP contribution >= 0.6 is 11.3 Å². The number of anilines is 8. The zero-order valence-electron chi connectivity index (χ0n) is 51.7. The molecular weight excluding hydrogens is 998 g/mol. The minimum Gasteiger partial charge on any atom is -0.335 e. The second kappa shape index (κ2) is 17.3. The van der Waals surface area contributed by atoms with Crippen molar-refractivity contribution in [1.29, 1.82) is 0 Å². The number of benzene rings is 7. The summed E-state index contributed by atoms with van der Waals surface area (Å²) in [6, 6.07) is 54.1. The number of hydrogen-bond acceptors (Lipinski definition) is 4. The van der Waals surface area contributed by atoms with E-state index in [9.17, 15) is 0 Å². The normalized spacial score (nSPS) is 22.3. The van der Waals surface area contributed by atoms with Gasteiger partial charge in [0.15, 0.2) is 0 Å². The van der Waals surface area contributed by atoms with Gasteiger partial charge in [-0.25, -0.2) is 0 Å². The van der Waals surface area contributed by atoms with Crippen LogP contribution in [-0.2, 0) is 37.9 Å². The Bertz CT molecular complexity index is 3840. The topological polar surface area (TPSA) is 9.72 Å². The largest absolute Gasteiger partial charge is 0.335 e. The Balaban J connectivity index is 1.14. The van der Waals surface area contributed by atoms with Gasteiger partial charge in [0.05, 0.1) is 16.9 Å². The molecule has 0 radical (unpaired) electrons. The minimum absolute atomic E-state index is 0.0188. The van der Waals surface area contributed by atoms with Crippen molar-refractivity contribution in [2.45, 2.75) is 206 Å². The van der Waals surface area contributed by atoms with Crippen LogP contribution in [0.2, 0.25) is 0 Å². The van der Waals surface area contributed by atoms with Gasteiger partial charge in [-0.05, 0) is 206 Å². The Hall–Kier alpha value is -6.04. The van der Waals surface area contributed by atoms with E-state index in [0.29, 0.717) is 0 Å². The Labute approximate surface area is 490 Å². The van der Waals surface area contributed by atoms with Gasteiger partial charge in [0.25, 0.3) is 6.71 Å². The molecule has 6 aliphatic rings. The van der Waals surface area contributed by atoms with Gasteiger partial charge in [-0.15, -0.1) is 11.3 Å². The van der Waals surface area contributed by atoms with Crippen LogP contribution in [0, 0.1) is 0 Å². The Morgan fingerprint density at radius 1 is 0.469 bits per heavy atom. The molecule has 0 bridgehead atoms. The predicted octanol–water partition coefficient (Wildman–Crippen LogP) is 19.7. The van der Waals surface area contributed by atoms with Crippen molar-refractivity contribution in [1.82, 2.24) is 0 Å². The summed E-state index contributed by atoms with van der Waals surface area (Å²) >= 11 is 2.10. The van der Waals surface area contributed by atoms with E-state index in [0.717, 1.165) is 6.42 Å². The molecule has 1 fully saturated rings. The van der Waals surface area contributed by atoms with E-state index in [1.165, 1.54) is 166 Å². The van der Waals surface area contributed by atoms with Gasteiger partial charge in [-0.3, -0.25) is 0 Å². The highest BCUT2D eigenvalue weighted by molar-refractivity contribution is 7.33. The Morgan fingerprint density at radius 3 is 1.60 bits per heavy atom. The van der Waals surface area contributed by atoms with Gasteiger partial charge in [-0.2, -0.15) is 0 Å². The van der Waals surface area contributed by atoms with Gasteiger partial charge in [0.1, 0.15) is 0 Å². The smallest absolute Gasteiger partial charge is 0.264 e. The lowest BCUT2D eigenvalue weighted by Gasteiger charge is -2.52. The number of fused-ring (bicyclic) bond motifs is 11. The monoisotopic (exact) mass is 1080 g/mol. The van der Waals surface area contributed by atoms with Crippen LogP contribution in [0.25, 0.3) is 21.2 Å². The second-order valence-electron chi connectivity index (χ2n) is 31.0. The number of rotatable bonds is 5. The van der Waals surface area contributed by atoms with E-state index in [2.05, 4.69) is 270 Å². The fraction of sp³-hybridized carbons (Fsp3) is 0.421. The third-order valence-corrected chi connectivity index (χ3v) is 23.2. The third-order valence-electron chi connectivity index (χ3n) is 22.0. The van der Waals surface area contributed by atoms with Crippen LogP contribution in [0.15, 0.2) is 133 Å². The van der Waals surface area contributed by atoms with Crippen molar-refractivity contribution < 1.29 is 0 Å². The summed E-state index contributed by atoms with van der Waals surface area (Å²) in [6.07, 6.45) is 9.49. The van der Waals surface area contributed by atoms with Gasteiger partial charge >= 0.3 is 0 Å². The number of nitrogens with zero attached hydrogens (tertiary/aromatic N) is 3. The summed E-state index contributed by atoms with van der Waals surface area (Å²) in [5.41, 5.74) is 26.3. The molecule has 14 rings (SSSR count). The molecule has 8 aromatic rings. The van der Waals surface area contributed by atoms with Crippen LogP contribution in [0.4, 0.5) is 45.5 Å². The molecule has 0 amide bonds. The summed E-state index contributed by atoms with van der Waals surface area (Å²) in [5, 5.41) is 1.40. The third kappa shape index (κ3) is 7.71. The van der Waals surface area contributed by atoms with E-state index in [1.54, 1.807) is 0 Å². The van der Waals surface area contributed by atoms with E-state index in [4.69, 9.17) is 0 Å². The van der Waals surface area contributed by atoms with Crippen molar-refractivity contribution >= 4 is 89.3 Å². The number of thiophene rings is 1. The lowest BCUT2D eigenvalue weighted by molar-refractivity contribution is 0.195. The molecule has 0 spiro atoms. The maximum absolute atomic E-state index is 2.95. The highest BCUT2D eigenvalue weighted by atomic mass is 32.1. The van der Waals surface area contributed by atoms with Gasteiger partial charge in [0, 0.05) is 54.4 Å². The quantitative estimate of drug-likeness (QED) is 0.159. The van der Waals surface area contributed by atoms with E-state index >= 15 is 0 Å². The maximum Gasteiger partial charge on any atom is 0.264 e. The molecule has 81 heavy (non-hydrogen) atoms. The Kier molecular flexibility index (Phi) is 11.3. The van der Waals surface area contributed by atoms with Crippen molar-refractivity contribution in [3.05, 3.63) is 172 Å². The molecule has 3 aliphatic heterocycles. The Morgan fingerprint density at radius 2 is 1.01 bits per heavy atom. The number of hydrogen-bond donors (Lipinski definition) is 0. The highest BCUT2D eigenvalue weighted by Crippen LogP contribution is 2.64. The molecule has 4 heterocycles. The van der Waals surface area contributed by atoms with Crippen molar-refractivity contribution in [2.24, 2.45) is 0 Å². The molecule has 1 aromatic heterocycles. The summed E-state index contributed by atoms with van der Waals surface area (Å²) in [5.74, 6) is 0. The van der Waals surface area contributed by atoms with Crippen molar-refractivity contribution in [3.8, 4) is 11.1 Å². The molecular formula is C76H86BN3S. The maximum atomic E-state index is 2.95. The molecule has 0 saturated heterocycles. The fourth-order valence-electron chi connectivity index (χ4n) is 16.4. The van der Waals surface area contributed by atoms with Crippen molar-refractivity contribution in [3.63, 3.8) is 0 Å². The van der Waals surface area contributed by atoms with E-state index in [1.807, 2.05) is 0 Å². The summed E-state index contributed by atoms with van der Waals surface area (Å²) < 4.78 is 2.89. The van der Waals surface area contributed by atoms with E-state index < -0.39 is 0 Å². The second-order valence-corrected chi connectivity index (χ2v) is 32.1. The first-order chi connectivity index (χ1) is 38.1. The average Bonchev–Trinajstić information content (AvgIpc) is 1.94. The van der Waals surface area contributed by atoms with Crippen LogP contribution in [0.5, 0.6) is 0 Å². The highest BCUT2D eigenvalue weighted by Gasteiger charge is 2.62. The molecule has 3 aliphatic carbocycles. The van der Waals surface area contributed by atoms with Crippen LogP contribution in [-0.4, -0.2) is 12.3 Å². The van der Waals surface area contributed by atoms with Crippen molar-refractivity contribution in [2.75, 3.05) is 14.7 Å². The molecule has 0 N–H and O–H groups in total. The first-order valence-corrected chi connectivity index (χ1v) is 31.7.